The first-order valence-electron chi connectivity index (χ1n) is 11.3. The Labute approximate surface area is 203 Å². The van der Waals surface area contributed by atoms with Gasteiger partial charge in [-0.3, -0.25) is 4.79 Å². The molecule has 0 saturated heterocycles. The van der Waals surface area contributed by atoms with Gasteiger partial charge in [0.1, 0.15) is 23.1 Å². The Balaban J connectivity index is 1.54. The number of ether oxygens (including phenoxy) is 1. The molecule has 2 aromatic heterocycles. The van der Waals surface area contributed by atoms with E-state index in [0.717, 1.165) is 11.1 Å². The van der Waals surface area contributed by atoms with Gasteiger partial charge in [0, 0.05) is 25.4 Å². The smallest absolute Gasteiger partial charge is 0.239 e. The van der Waals surface area contributed by atoms with Gasteiger partial charge in [-0.2, -0.15) is 0 Å². The maximum Gasteiger partial charge on any atom is 0.239 e. The van der Waals surface area contributed by atoms with Crippen LogP contribution in [0.15, 0.2) is 54.7 Å². The number of likely N-dealkylation sites (N-methyl/N-ethyl adjacent to an activating group) is 1. The first-order valence-corrected chi connectivity index (χ1v) is 11.3. The number of hydrogen-bond acceptors (Lipinski definition) is 6. The average molecular weight is 477 g/mol. The first-order chi connectivity index (χ1) is 16.7. The molecule has 2 heterocycles. The number of benzene rings is 2. The van der Waals surface area contributed by atoms with Crippen molar-refractivity contribution in [3.63, 3.8) is 0 Å². The van der Waals surface area contributed by atoms with E-state index >= 15 is 0 Å². The molecule has 0 radical (unpaired) electrons. The van der Waals surface area contributed by atoms with Crippen LogP contribution in [0, 0.1) is 5.82 Å². The number of carbonyl (C=O) groups excluding carboxylic acids is 1. The van der Waals surface area contributed by atoms with Crippen LogP contribution in [-0.4, -0.2) is 46.0 Å². The summed E-state index contributed by atoms with van der Waals surface area (Å²) >= 11 is 0. The number of halogens is 1. The number of rotatable bonds is 8. The summed E-state index contributed by atoms with van der Waals surface area (Å²) in [7, 11) is 5.51. The molecule has 182 valence electrons. The lowest BCUT2D eigenvalue weighted by molar-refractivity contribution is -0.116. The van der Waals surface area contributed by atoms with Gasteiger partial charge in [-0.1, -0.05) is 19.9 Å². The van der Waals surface area contributed by atoms with Gasteiger partial charge < -0.3 is 24.8 Å². The molecule has 0 saturated carbocycles. The third kappa shape index (κ3) is 5.75. The summed E-state index contributed by atoms with van der Waals surface area (Å²) in [6.07, 6.45) is 1.57. The molecule has 0 unspecified atom stereocenters. The van der Waals surface area contributed by atoms with Gasteiger partial charge in [-0.05, 0) is 55.9 Å². The molecule has 2 N–H and O–H groups in total. The van der Waals surface area contributed by atoms with E-state index in [1.807, 2.05) is 50.0 Å². The van der Waals surface area contributed by atoms with E-state index in [-0.39, 0.29) is 24.2 Å². The topological polar surface area (TPSA) is 84.3 Å². The molecule has 0 aliphatic heterocycles. The van der Waals surface area contributed by atoms with Gasteiger partial charge in [0.25, 0.3) is 0 Å². The quantitative estimate of drug-likeness (QED) is 0.361. The predicted octanol–water partition coefficient (Wildman–Crippen LogP) is 5.27. The molecule has 4 rings (SSSR count). The first kappa shape index (κ1) is 24.2. The highest BCUT2D eigenvalue weighted by atomic mass is 19.1. The highest BCUT2D eigenvalue weighted by Crippen LogP contribution is 2.30. The molecule has 35 heavy (non-hydrogen) atoms. The fourth-order valence-electron chi connectivity index (χ4n) is 3.62. The number of aromatic nitrogens is 3. The van der Waals surface area contributed by atoms with E-state index in [9.17, 15) is 9.18 Å². The number of imidazole rings is 1. The Hall–Kier alpha value is -3.98. The van der Waals surface area contributed by atoms with Crippen molar-refractivity contribution < 1.29 is 13.9 Å². The molecule has 2 aromatic carbocycles. The lowest BCUT2D eigenvalue weighted by Crippen LogP contribution is -2.27. The second-order valence-electron chi connectivity index (χ2n) is 8.93. The lowest BCUT2D eigenvalue weighted by Gasteiger charge is -2.11. The summed E-state index contributed by atoms with van der Waals surface area (Å²) in [6, 6.07) is 14.0. The van der Waals surface area contributed by atoms with Gasteiger partial charge in [-0.15, -0.1) is 0 Å². The molecule has 0 bridgehead atoms. The van der Waals surface area contributed by atoms with E-state index in [1.165, 1.54) is 6.07 Å². The zero-order chi connectivity index (χ0) is 25.1. The number of pyridine rings is 1. The van der Waals surface area contributed by atoms with Gasteiger partial charge >= 0.3 is 0 Å². The number of amides is 1. The van der Waals surface area contributed by atoms with Crippen molar-refractivity contribution in [3.8, 4) is 11.5 Å². The summed E-state index contributed by atoms with van der Waals surface area (Å²) < 4.78 is 22.3. The molecule has 0 atom stereocenters. The SMILES string of the molecule is CC(C)c1ccc(F)c(Nc2nc3cc(Oc4ccnc(NC(=O)CN(C)C)c4)ccc3n2C)c1. The monoisotopic (exact) mass is 476 g/mol. The van der Waals surface area contributed by atoms with Crippen LogP contribution in [0.1, 0.15) is 25.3 Å². The predicted molar refractivity (Wildman–Crippen MR) is 136 cm³/mol. The fourth-order valence-corrected chi connectivity index (χ4v) is 3.62. The van der Waals surface area contributed by atoms with Crippen molar-refractivity contribution >= 4 is 34.4 Å². The normalized spacial score (nSPS) is 11.3. The highest BCUT2D eigenvalue weighted by Gasteiger charge is 2.13. The number of anilines is 3. The fraction of sp³-hybridized carbons (Fsp3) is 0.269. The number of hydrogen-bond donors (Lipinski definition) is 2. The van der Waals surface area contributed by atoms with E-state index in [4.69, 9.17) is 4.74 Å². The average Bonchev–Trinajstić information content (AvgIpc) is 3.09. The van der Waals surface area contributed by atoms with Crippen LogP contribution in [0.3, 0.4) is 0 Å². The number of nitrogens with one attached hydrogen (secondary N) is 2. The lowest BCUT2D eigenvalue weighted by atomic mass is 10.0. The third-order valence-corrected chi connectivity index (χ3v) is 5.45. The van der Waals surface area contributed by atoms with Gasteiger partial charge in [0.2, 0.25) is 11.9 Å². The summed E-state index contributed by atoms with van der Waals surface area (Å²) in [5, 5.41) is 5.87. The molecule has 1 amide bonds. The maximum atomic E-state index is 14.4. The summed E-state index contributed by atoms with van der Waals surface area (Å²) in [4.78, 5) is 22.6. The summed E-state index contributed by atoms with van der Waals surface area (Å²) in [5.41, 5.74) is 2.98. The van der Waals surface area contributed by atoms with Crippen LogP contribution in [-0.2, 0) is 11.8 Å². The Morgan fingerprint density at radius 2 is 1.89 bits per heavy atom. The number of aryl methyl sites for hydroxylation is 1. The van der Waals surface area contributed by atoms with E-state index < -0.39 is 0 Å². The minimum Gasteiger partial charge on any atom is -0.457 e. The second-order valence-corrected chi connectivity index (χ2v) is 8.93. The molecular weight excluding hydrogens is 447 g/mol. The Kier molecular flexibility index (Phi) is 6.97. The van der Waals surface area contributed by atoms with E-state index in [2.05, 4.69) is 34.4 Å². The van der Waals surface area contributed by atoms with Crippen molar-refractivity contribution in [2.24, 2.45) is 7.05 Å². The molecule has 8 nitrogen and oxygen atoms in total. The Morgan fingerprint density at radius 3 is 2.63 bits per heavy atom. The molecule has 9 heteroatoms. The Bertz CT molecular complexity index is 1370. The molecular formula is C26H29FN6O2. The molecule has 0 fully saturated rings. The summed E-state index contributed by atoms with van der Waals surface area (Å²) in [6.45, 7) is 4.39. The van der Waals surface area contributed by atoms with Crippen molar-refractivity contribution in [3.05, 3.63) is 66.1 Å². The second kappa shape index (κ2) is 10.1. The third-order valence-electron chi connectivity index (χ3n) is 5.45. The maximum absolute atomic E-state index is 14.4. The van der Waals surface area contributed by atoms with Crippen molar-refractivity contribution in [1.82, 2.24) is 19.4 Å². The number of nitrogens with zero attached hydrogens (tertiary/aromatic N) is 4. The highest BCUT2D eigenvalue weighted by molar-refractivity contribution is 5.91. The van der Waals surface area contributed by atoms with Crippen LogP contribution in [0.5, 0.6) is 11.5 Å². The van der Waals surface area contributed by atoms with Gasteiger partial charge in [-0.25, -0.2) is 14.4 Å². The number of fused-ring (bicyclic) bond motifs is 1. The zero-order valence-corrected chi connectivity index (χ0v) is 20.5. The van der Waals surface area contributed by atoms with E-state index in [0.29, 0.717) is 34.5 Å². The molecule has 0 aliphatic carbocycles. The van der Waals surface area contributed by atoms with Crippen molar-refractivity contribution in [2.75, 3.05) is 31.3 Å². The molecule has 4 aromatic rings. The minimum atomic E-state index is -0.336. The largest absolute Gasteiger partial charge is 0.457 e. The molecule has 0 spiro atoms. The van der Waals surface area contributed by atoms with Gasteiger partial charge in [0.15, 0.2) is 0 Å². The van der Waals surface area contributed by atoms with Gasteiger partial charge in [0.05, 0.1) is 23.3 Å². The van der Waals surface area contributed by atoms with E-state index in [1.54, 1.807) is 29.3 Å². The summed E-state index contributed by atoms with van der Waals surface area (Å²) in [5.74, 6) is 1.82. The minimum absolute atomic E-state index is 0.162. The van der Waals surface area contributed by atoms with Crippen LogP contribution in [0.4, 0.5) is 21.8 Å². The van der Waals surface area contributed by atoms with Crippen LogP contribution in [0.25, 0.3) is 11.0 Å². The zero-order valence-electron chi connectivity index (χ0n) is 20.5. The van der Waals surface area contributed by atoms with Crippen LogP contribution >= 0.6 is 0 Å². The standard InChI is InChI=1S/C26H29FN6O2/c1-16(2)17-6-8-20(27)21(12-17)29-26-30-22-13-18(7-9-23(22)33(26)5)35-19-10-11-28-24(14-19)31-25(34)15-32(3)4/h6-14,16H,15H2,1-5H3,(H,29,30)(H,28,31,34). The molecule has 0 aliphatic rings. The Morgan fingerprint density at radius 1 is 1.11 bits per heavy atom. The van der Waals surface area contributed by atoms with Crippen molar-refractivity contribution in [2.45, 2.75) is 19.8 Å². The van der Waals surface area contributed by atoms with Crippen molar-refractivity contribution in [1.29, 1.82) is 0 Å². The van der Waals surface area contributed by atoms with Crippen LogP contribution < -0.4 is 15.4 Å². The van der Waals surface area contributed by atoms with Crippen LogP contribution in [0.2, 0.25) is 0 Å². The number of carbonyl (C=O) groups is 1.